The molecule has 0 amide bonds. The maximum atomic E-state index is 12.6. The molecule has 0 saturated carbocycles. The van der Waals surface area contributed by atoms with Gasteiger partial charge in [0.05, 0.1) is 19.8 Å². The molecule has 3 N–H and O–H groups in total. The summed E-state index contributed by atoms with van der Waals surface area (Å²) in [4.78, 5) is 34.9. The van der Waals surface area contributed by atoms with Gasteiger partial charge in [0.1, 0.15) is 12.7 Å². The number of hydrogen-bond acceptors (Lipinski definition) is 9. The van der Waals surface area contributed by atoms with E-state index in [0.717, 1.165) is 83.5 Å². The van der Waals surface area contributed by atoms with Gasteiger partial charge in [-0.15, -0.1) is 0 Å². The molecule has 322 valence electrons. The molecule has 0 bridgehead atoms. The molecule has 0 spiro atoms. The highest BCUT2D eigenvalue weighted by molar-refractivity contribution is 7.47. The van der Waals surface area contributed by atoms with Crippen LogP contribution in [0.4, 0.5) is 0 Å². The second-order valence-electron chi connectivity index (χ2n) is 13.2. The van der Waals surface area contributed by atoms with Crippen LogP contribution in [0, 0.1) is 0 Å². The predicted molar refractivity (Wildman–Crippen MR) is 232 cm³/mol. The number of phosphoric ester groups is 1. The smallest absolute Gasteiger partial charge is 0.462 e. The normalized spacial score (nSPS) is 15.0. The number of carbonyl (C=O) groups excluding carboxylic acids is 2. The van der Waals surface area contributed by atoms with Crippen LogP contribution in [0.3, 0.4) is 0 Å². The average molecular weight is 817 g/mol. The molecule has 0 saturated heterocycles. The minimum Gasteiger partial charge on any atom is -0.462 e. The van der Waals surface area contributed by atoms with E-state index in [4.69, 9.17) is 19.1 Å². The van der Waals surface area contributed by atoms with Crippen LogP contribution in [-0.4, -0.2) is 65.7 Å². The summed E-state index contributed by atoms with van der Waals surface area (Å²) in [5, 5.41) is 18.3. The molecule has 3 atom stereocenters. The van der Waals surface area contributed by atoms with Crippen LogP contribution in [0.1, 0.15) is 129 Å². The van der Waals surface area contributed by atoms with Gasteiger partial charge in [-0.3, -0.25) is 18.6 Å². The van der Waals surface area contributed by atoms with Gasteiger partial charge in [-0.05, 0) is 89.9 Å². The quantitative estimate of drug-likeness (QED) is 0.0239. The van der Waals surface area contributed by atoms with Gasteiger partial charge >= 0.3 is 19.8 Å². The van der Waals surface area contributed by atoms with E-state index >= 15 is 0 Å². The molecule has 57 heavy (non-hydrogen) atoms. The highest BCUT2D eigenvalue weighted by atomic mass is 31.2. The minimum absolute atomic E-state index is 0.0929. The second kappa shape index (κ2) is 40.8. The van der Waals surface area contributed by atoms with Crippen molar-refractivity contribution < 1.29 is 47.8 Å². The van der Waals surface area contributed by atoms with Crippen molar-refractivity contribution in [2.75, 3.05) is 26.4 Å². The first-order valence-corrected chi connectivity index (χ1v) is 22.3. The van der Waals surface area contributed by atoms with Gasteiger partial charge in [0.2, 0.25) is 0 Å². The zero-order chi connectivity index (χ0) is 41.9. The van der Waals surface area contributed by atoms with E-state index in [0.29, 0.717) is 19.3 Å². The number of allylic oxidation sites excluding steroid dienone is 18. The van der Waals surface area contributed by atoms with Crippen molar-refractivity contribution >= 4 is 19.8 Å². The van der Waals surface area contributed by atoms with E-state index in [1.807, 2.05) is 12.2 Å². The Bertz CT molecular complexity index is 1310. The van der Waals surface area contributed by atoms with E-state index in [1.165, 1.54) is 0 Å². The number of ether oxygens (including phenoxy) is 2. The summed E-state index contributed by atoms with van der Waals surface area (Å²) in [6, 6.07) is 0. The molecule has 0 aliphatic heterocycles. The van der Waals surface area contributed by atoms with Gasteiger partial charge in [-0.25, -0.2) is 4.57 Å². The number of aliphatic hydroxyl groups is 2. The molecular weight excluding hydrogens is 743 g/mol. The predicted octanol–water partition coefficient (Wildman–Crippen LogP) is 11.0. The summed E-state index contributed by atoms with van der Waals surface area (Å²) >= 11 is 0. The SMILES string of the molecule is CC/C=C\C/C=C\C/C=C\C/C=C\C/C=C\CCCC(=O)OC(COC(=O)CCCCCC/C=C\C/C=C\C/C=C\C/C=C\CC)COP(=O)(O)OCC(O)CO. The third-order valence-corrected chi connectivity index (χ3v) is 8.87. The molecule has 0 rings (SSSR count). The van der Waals surface area contributed by atoms with E-state index in [2.05, 4.69) is 116 Å². The Labute approximate surface area is 344 Å². The van der Waals surface area contributed by atoms with Crippen molar-refractivity contribution in [3.63, 3.8) is 0 Å². The van der Waals surface area contributed by atoms with Gasteiger partial charge in [0, 0.05) is 12.8 Å². The molecule has 3 unspecified atom stereocenters. The summed E-state index contributed by atoms with van der Waals surface area (Å²) in [6.07, 6.45) is 50.6. The first-order chi connectivity index (χ1) is 27.7. The molecule has 11 heteroatoms. The Morgan fingerprint density at radius 1 is 0.526 bits per heavy atom. The average Bonchev–Trinajstić information content (AvgIpc) is 3.20. The van der Waals surface area contributed by atoms with E-state index in [1.54, 1.807) is 0 Å². The number of aliphatic hydroxyl groups excluding tert-OH is 2. The number of carbonyl (C=O) groups is 2. The van der Waals surface area contributed by atoms with Crippen LogP contribution in [0.25, 0.3) is 0 Å². The largest absolute Gasteiger partial charge is 0.472 e. The minimum atomic E-state index is -4.65. The standard InChI is InChI=1S/C46H73O10P/c1-3-5-7-9-11-13-15-17-19-21-23-25-27-29-31-33-35-37-45(49)53-41-44(42-55-57(51,52)54-40-43(48)39-47)56-46(50)38-36-34-32-30-28-26-24-22-20-18-16-14-12-10-8-6-4-2/h5-8,11-14,17-20,23-26,30,32,43-44,47-48H,3-4,9-10,15-16,21-22,27-29,31,33-42H2,1-2H3,(H,51,52)/b7-5-,8-6-,13-11-,14-12-,19-17-,20-18-,25-23-,26-24-,32-30-. The fourth-order valence-electron chi connectivity index (χ4n) is 4.78. The summed E-state index contributed by atoms with van der Waals surface area (Å²) in [5.74, 6) is -1.03. The van der Waals surface area contributed by atoms with Gasteiger partial charge < -0.3 is 24.6 Å². The molecule has 10 nitrogen and oxygen atoms in total. The number of hydrogen-bond donors (Lipinski definition) is 3. The lowest BCUT2D eigenvalue weighted by molar-refractivity contribution is -0.161. The summed E-state index contributed by atoms with van der Waals surface area (Å²) < 4.78 is 32.6. The zero-order valence-corrected chi connectivity index (χ0v) is 35.6. The number of unbranched alkanes of at least 4 members (excludes halogenated alkanes) is 5. The first kappa shape index (κ1) is 53.6. The molecule has 0 radical (unpaired) electrons. The van der Waals surface area contributed by atoms with Gasteiger partial charge in [0.15, 0.2) is 6.10 Å². The van der Waals surface area contributed by atoms with Crippen molar-refractivity contribution in [2.24, 2.45) is 0 Å². The second-order valence-corrected chi connectivity index (χ2v) is 14.7. The van der Waals surface area contributed by atoms with Gasteiger partial charge in [0.25, 0.3) is 0 Å². The van der Waals surface area contributed by atoms with Crippen LogP contribution in [0.2, 0.25) is 0 Å². The third-order valence-electron chi connectivity index (χ3n) is 7.92. The Morgan fingerprint density at radius 2 is 0.930 bits per heavy atom. The van der Waals surface area contributed by atoms with Gasteiger partial charge in [-0.2, -0.15) is 0 Å². The molecule has 0 aromatic rings. The molecule has 0 heterocycles. The first-order valence-electron chi connectivity index (χ1n) is 20.8. The number of rotatable bonds is 37. The van der Waals surface area contributed by atoms with E-state index in [9.17, 15) is 24.2 Å². The van der Waals surface area contributed by atoms with Crippen LogP contribution in [0.5, 0.6) is 0 Å². The van der Waals surface area contributed by atoms with Crippen molar-refractivity contribution in [2.45, 2.75) is 142 Å². The van der Waals surface area contributed by atoms with Gasteiger partial charge in [-0.1, -0.05) is 136 Å². The molecule has 0 aliphatic rings. The molecule has 0 aromatic carbocycles. The van der Waals surface area contributed by atoms with Crippen LogP contribution in [0.15, 0.2) is 109 Å². The topological polar surface area (TPSA) is 149 Å². The molecule has 0 aliphatic carbocycles. The van der Waals surface area contributed by atoms with E-state index < -0.39 is 51.8 Å². The van der Waals surface area contributed by atoms with Crippen LogP contribution < -0.4 is 0 Å². The summed E-state index contributed by atoms with van der Waals surface area (Å²) in [7, 11) is -4.65. The Balaban J connectivity index is 4.49. The maximum absolute atomic E-state index is 12.6. The van der Waals surface area contributed by atoms with Crippen molar-refractivity contribution in [3.8, 4) is 0 Å². The third kappa shape index (κ3) is 40.6. The lowest BCUT2D eigenvalue weighted by Gasteiger charge is -2.20. The maximum Gasteiger partial charge on any atom is 0.472 e. The summed E-state index contributed by atoms with van der Waals surface area (Å²) in [6.45, 7) is 2.02. The Kier molecular flexibility index (Phi) is 38.4. The van der Waals surface area contributed by atoms with Crippen molar-refractivity contribution in [1.29, 1.82) is 0 Å². The Hall–Kier alpha value is -3.37. The van der Waals surface area contributed by atoms with Crippen molar-refractivity contribution in [1.82, 2.24) is 0 Å². The fourth-order valence-corrected chi connectivity index (χ4v) is 5.57. The lowest BCUT2D eigenvalue weighted by Crippen LogP contribution is -2.29. The Morgan fingerprint density at radius 3 is 1.40 bits per heavy atom. The summed E-state index contributed by atoms with van der Waals surface area (Å²) in [5.41, 5.74) is 0. The highest BCUT2D eigenvalue weighted by Crippen LogP contribution is 2.43. The zero-order valence-electron chi connectivity index (χ0n) is 34.7. The molecule has 0 fully saturated rings. The molecule has 0 aromatic heterocycles. The molecular formula is C46H73O10P. The van der Waals surface area contributed by atoms with E-state index in [-0.39, 0.29) is 19.4 Å². The number of esters is 2. The van der Waals surface area contributed by atoms with Crippen LogP contribution in [-0.2, 0) is 32.7 Å². The highest BCUT2D eigenvalue weighted by Gasteiger charge is 2.27. The van der Waals surface area contributed by atoms with Crippen molar-refractivity contribution in [3.05, 3.63) is 109 Å². The number of phosphoric acid groups is 1. The lowest BCUT2D eigenvalue weighted by atomic mass is 10.1. The fraction of sp³-hybridized carbons (Fsp3) is 0.565. The van der Waals surface area contributed by atoms with Crippen LogP contribution >= 0.6 is 7.82 Å². The monoisotopic (exact) mass is 816 g/mol.